The minimum absolute atomic E-state index is 0.0817. The Bertz CT molecular complexity index is 460. The monoisotopic (exact) mass is 293 g/mol. The van der Waals surface area contributed by atoms with Crippen LogP contribution in [0, 0.1) is 5.92 Å². The van der Waals surface area contributed by atoms with Crippen LogP contribution < -0.4 is 5.73 Å². The third kappa shape index (κ3) is 3.24. The normalized spacial score (nSPS) is 20.6. The number of piperidine rings is 1. The zero-order chi connectivity index (χ0) is 14.0. The molecule has 1 saturated heterocycles. The van der Waals surface area contributed by atoms with Crippen molar-refractivity contribution < 1.29 is 18.0 Å². The quantitative estimate of drug-likeness (QED) is 0.907. The van der Waals surface area contributed by atoms with Crippen LogP contribution >= 0.6 is 11.3 Å². The van der Waals surface area contributed by atoms with E-state index in [9.17, 15) is 18.0 Å². The second-order valence-electron chi connectivity index (χ2n) is 4.46. The van der Waals surface area contributed by atoms with Crippen molar-refractivity contribution in [1.82, 2.24) is 9.88 Å². The van der Waals surface area contributed by atoms with Crippen LogP contribution in [0.15, 0.2) is 5.38 Å². The standard InChI is InChI=1S/C11H14F3N3OS/c12-11(13,14)7-2-1-3-17(5-7)10(18)8-6-19-9(4-15)16-8/h6-7H,1-5,15H2. The molecule has 0 radical (unpaired) electrons. The van der Waals surface area contributed by atoms with Gasteiger partial charge in [0, 0.05) is 25.0 Å². The van der Waals surface area contributed by atoms with Gasteiger partial charge in [-0.05, 0) is 12.8 Å². The largest absolute Gasteiger partial charge is 0.393 e. The van der Waals surface area contributed by atoms with Gasteiger partial charge in [-0.25, -0.2) is 4.98 Å². The van der Waals surface area contributed by atoms with Crippen molar-refractivity contribution in [1.29, 1.82) is 0 Å². The fourth-order valence-electron chi connectivity index (χ4n) is 2.09. The number of nitrogens with zero attached hydrogens (tertiary/aromatic N) is 2. The number of amides is 1. The summed E-state index contributed by atoms with van der Waals surface area (Å²) >= 11 is 1.24. The second-order valence-corrected chi connectivity index (χ2v) is 5.41. The van der Waals surface area contributed by atoms with Crippen molar-refractivity contribution in [3.63, 3.8) is 0 Å². The van der Waals surface area contributed by atoms with Crippen LogP contribution in [-0.2, 0) is 6.54 Å². The number of hydrogen-bond donors (Lipinski definition) is 1. The SMILES string of the molecule is NCc1nc(C(=O)N2CCCC(C(F)(F)F)C2)cs1. The van der Waals surface area contributed by atoms with Gasteiger partial charge in [-0.3, -0.25) is 4.79 Å². The molecule has 19 heavy (non-hydrogen) atoms. The van der Waals surface area contributed by atoms with Gasteiger partial charge < -0.3 is 10.6 Å². The Kier molecular flexibility index (Phi) is 4.10. The first-order chi connectivity index (χ1) is 8.91. The molecule has 0 bridgehead atoms. The van der Waals surface area contributed by atoms with Gasteiger partial charge in [0.05, 0.1) is 5.92 Å². The first-order valence-corrected chi connectivity index (χ1v) is 6.80. The molecule has 1 aromatic rings. The summed E-state index contributed by atoms with van der Waals surface area (Å²) in [6, 6.07) is 0. The molecule has 106 valence electrons. The van der Waals surface area contributed by atoms with Crippen LogP contribution in [0.2, 0.25) is 0 Å². The van der Waals surface area contributed by atoms with Crippen LogP contribution in [0.3, 0.4) is 0 Å². The van der Waals surface area contributed by atoms with Gasteiger partial charge in [0.2, 0.25) is 0 Å². The van der Waals surface area contributed by atoms with Crippen LogP contribution in [0.5, 0.6) is 0 Å². The number of carbonyl (C=O) groups is 1. The molecule has 1 fully saturated rings. The summed E-state index contributed by atoms with van der Waals surface area (Å²) in [4.78, 5) is 17.3. The van der Waals surface area contributed by atoms with Crippen LogP contribution in [0.4, 0.5) is 13.2 Å². The van der Waals surface area contributed by atoms with E-state index in [1.165, 1.54) is 16.2 Å². The molecule has 0 aromatic carbocycles. The van der Waals surface area contributed by atoms with Crippen molar-refractivity contribution in [2.75, 3.05) is 13.1 Å². The molecule has 1 aromatic heterocycles. The van der Waals surface area contributed by atoms with Crippen molar-refractivity contribution in [2.24, 2.45) is 11.7 Å². The van der Waals surface area contributed by atoms with Gasteiger partial charge in [-0.2, -0.15) is 13.2 Å². The number of aromatic nitrogens is 1. The summed E-state index contributed by atoms with van der Waals surface area (Å²) < 4.78 is 38.0. The highest BCUT2D eigenvalue weighted by Gasteiger charge is 2.42. The molecule has 0 saturated carbocycles. The van der Waals surface area contributed by atoms with Gasteiger partial charge in [0.15, 0.2) is 0 Å². The summed E-state index contributed by atoms with van der Waals surface area (Å²) in [7, 11) is 0. The lowest BCUT2D eigenvalue weighted by Gasteiger charge is -2.33. The average Bonchev–Trinajstić information content (AvgIpc) is 2.86. The van der Waals surface area contributed by atoms with E-state index in [2.05, 4.69) is 4.98 Å². The van der Waals surface area contributed by atoms with Gasteiger partial charge in [-0.15, -0.1) is 11.3 Å². The molecular weight excluding hydrogens is 279 g/mol. The lowest BCUT2D eigenvalue weighted by molar-refractivity contribution is -0.184. The number of halogens is 3. The van der Waals surface area contributed by atoms with Crippen LogP contribution in [0.1, 0.15) is 28.3 Å². The molecule has 4 nitrogen and oxygen atoms in total. The highest BCUT2D eigenvalue weighted by molar-refractivity contribution is 7.09. The minimum Gasteiger partial charge on any atom is -0.337 e. The number of alkyl halides is 3. The number of hydrogen-bond acceptors (Lipinski definition) is 4. The van der Waals surface area contributed by atoms with Crippen molar-refractivity contribution in [3.05, 3.63) is 16.1 Å². The summed E-state index contributed by atoms with van der Waals surface area (Å²) in [6.07, 6.45) is -3.80. The first kappa shape index (κ1) is 14.3. The van der Waals surface area contributed by atoms with E-state index in [1.54, 1.807) is 5.38 Å². The Hall–Kier alpha value is -1.15. The average molecular weight is 293 g/mol. The van der Waals surface area contributed by atoms with Gasteiger partial charge in [0.1, 0.15) is 10.7 Å². The smallest absolute Gasteiger partial charge is 0.337 e. The predicted octanol–water partition coefficient (Wildman–Crippen LogP) is 2.02. The number of likely N-dealkylation sites (tertiary alicyclic amines) is 1. The number of rotatable bonds is 2. The van der Waals surface area contributed by atoms with Crippen molar-refractivity contribution in [3.8, 4) is 0 Å². The maximum atomic E-state index is 12.7. The van der Waals surface area contributed by atoms with Crippen molar-refractivity contribution >= 4 is 17.2 Å². The van der Waals surface area contributed by atoms with E-state index in [-0.39, 0.29) is 25.2 Å². The summed E-state index contributed by atoms with van der Waals surface area (Å²) in [5.74, 6) is -1.87. The zero-order valence-electron chi connectivity index (χ0n) is 10.1. The molecule has 1 aliphatic rings. The Morgan fingerprint density at radius 3 is 2.89 bits per heavy atom. The first-order valence-electron chi connectivity index (χ1n) is 5.92. The van der Waals surface area contributed by atoms with E-state index in [1.807, 2.05) is 0 Å². The highest BCUT2D eigenvalue weighted by atomic mass is 32.1. The molecule has 2 heterocycles. The zero-order valence-corrected chi connectivity index (χ0v) is 10.9. The fourth-order valence-corrected chi connectivity index (χ4v) is 2.74. The summed E-state index contributed by atoms with van der Waals surface area (Å²) in [5.41, 5.74) is 5.58. The third-order valence-electron chi connectivity index (χ3n) is 3.12. The Labute approximate surface area is 112 Å². The number of thiazole rings is 1. The number of nitrogens with two attached hydrogens (primary N) is 1. The third-order valence-corrected chi connectivity index (χ3v) is 3.99. The highest BCUT2D eigenvalue weighted by Crippen LogP contribution is 2.33. The predicted molar refractivity (Wildman–Crippen MR) is 64.7 cm³/mol. The summed E-state index contributed by atoms with van der Waals surface area (Å²) in [6.45, 7) is 0.293. The molecule has 1 aliphatic heterocycles. The lowest BCUT2D eigenvalue weighted by Crippen LogP contribution is -2.44. The number of carbonyl (C=O) groups excluding carboxylic acids is 1. The van der Waals surface area contributed by atoms with E-state index < -0.39 is 18.0 Å². The lowest BCUT2D eigenvalue weighted by atomic mass is 9.97. The molecule has 2 rings (SSSR count). The Balaban J connectivity index is 2.07. The van der Waals surface area contributed by atoms with Crippen LogP contribution in [-0.4, -0.2) is 35.1 Å². The Morgan fingerprint density at radius 2 is 2.32 bits per heavy atom. The molecule has 0 aliphatic carbocycles. The topological polar surface area (TPSA) is 59.2 Å². The molecule has 2 N–H and O–H groups in total. The summed E-state index contributed by atoms with van der Waals surface area (Å²) in [5, 5.41) is 2.15. The molecular formula is C11H14F3N3OS. The van der Waals surface area contributed by atoms with E-state index in [4.69, 9.17) is 5.73 Å². The maximum Gasteiger partial charge on any atom is 0.393 e. The molecule has 0 spiro atoms. The molecule has 1 unspecified atom stereocenters. The van der Waals surface area contributed by atoms with E-state index in [0.29, 0.717) is 18.0 Å². The van der Waals surface area contributed by atoms with Gasteiger partial charge in [-0.1, -0.05) is 0 Å². The minimum atomic E-state index is -4.25. The van der Waals surface area contributed by atoms with E-state index >= 15 is 0 Å². The molecule has 1 amide bonds. The maximum absolute atomic E-state index is 12.7. The van der Waals surface area contributed by atoms with Crippen LogP contribution in [0.25, 0.3) is 0 Å². The fraction of sp³-hybridized carbons (Fsp3) is 0.636. The Morgan fingerprint density at radius 1 is 1.58 bits per heavy atom. The van der Waals surface area contributed by atoms with Gasteiger partial charge >= 0.3 is 6.18 Å². The second kappa shape index (κ2) is 5.46. The molecule has 1 atom stereocenters. The van der Waals surface area contributed by atoms with Gasteiger partial charge in [0.25, 0.3) is 5.91 Å². The van der Waals surface area contributed by atoms with Crippen molar-refractivity contribution in [2.45, 2.75) is 25.6 Å². The van der Waals surface area contributed by atoms with E-state index in [0.717, 1.165) is 0 Å². The molecule has 8 heteroatoms.